The Bertz CT molecular complexity index is 473. The molecule has 2 heterocycles. The molecule has 1 aromatic carbocycles. The van der Waals surface area contributed by atoms with Gasteiger partial charge in [0.2, 0.25) is 6.79 Å². The second kappa shape index (κ2) is 4.60. The average molecular weight is 262 g/mol. The SMILES string of the molecule is CC1(C)CC(CCN)CN1c1ccc2c(c1)OCO2. The lowest BCUT2D eigenvalue weighted by Gasteiger charge is -2.33. The molecule has 1 fully saturated rings. The van der Waals surface area contributed by atoms with E-state index in [2.05, 4.69) is 30.9 Å². The Morgan fingerprint density at radius 1 is 1.32 bits per heavy atom. The maximum absolute atomic E-state index is 5.70. The normalized spacial score (nSPS) is 23.9. The van der Waals surface area contributed by atoms with Crippen molar-refractivity contribution in [3.05, 3.63) is 18.2 Å². The highest BCUT2D eigenvalue weighted by molar-refractivity contribution is 5.59. The quantitative estimate of drug-likeness (QED) is 0.908. The van der Waals surface area contributed by atoms with Crippen LogP contribution in [-0.2, 0) is 0 Å². The van der Waals surface area contributed by atoms with Gasteiger partial charge < -0.3 is 20.1 Å². The highest BCUT2D eigenvalue weighted by Gasteiger charge is 2.38. The Balaban J connectivity index is 1.85. The zero-order chi connectivity index (χ0) is 13.5. The van der Waals surface area contributed by atoms with Crippen LogP contribution in [0.4, 0.5) is 5.69 Å². The fourth-order valence-corrected chi connectivity index (χ4v) is 3.32. The first-order valence-corrected chi connectivity index (χ1v) is 6.97. The molecule has 19 heavy (non-hydrogen) atoms. The lowest BCUT2D eigenvalue weighted by Crippen LogP contribution is -2.38. The maximum atomic E-state index is 5.70. The van der Waals surface area contributed by atoms with Crippen molar-refractivity contribution in [1.29, 1.82) is 0 Å². The summed E-state index contributed by atoms with van der Waals surface area (Å²) < 4.78 is 10.8. The molecule has 0 amide bonds. The van der Waals surface area contributed by atoms with Gasteiger partial charge in [0.25, 0.3) is 0 Å². The van der Waals surface area contributed by atoms with Gasteiger partial charge in [-0.05, 0) is 51.3 Å². The third kappa shape index (κ3) is 2.25. The molecule has 0 saturated carbocycles. The summed E-state index contributed by atoms with van der Waals surface area (Å²) in [4.78, 5) is 2.47. The zero-order valence-corrected chi connectivity index (χ0v) is 11.7. The summed E-state index contributed by atoms with van der Waals surface area (Å²) in [6.45, 7) is 6.78. The lowest BCUT2D eigenvalue weighted by molar-refractivity contribution is 0.174. The molecule has 0 aliphatic carbocycles. The van der Waals surface area contributed by atoms with Gasteiger partial charge in [-0.25, -0.2) is 0 Å². The van der Waals surface area contributed by atoms with Crippen molar-refractivity contribution in [3.8, 4) is 11.5 Å². The standard InChI is InChI=1S/C15H22N2O2/c1-15(2)8-11(5-6-16)9-17(15)12-3-4-13-14(7-12)19-10-18-13/h3-4,7,11H,5-6,8-10,16H2,1-2H3. The Labute approximate surface area is 114 Å². The summed E-state index contributed by atoms with van der Waals surface area (Å²) in [6.07, 6.45) is 2.29. The van der Waals surface area contributed by atoms with E-state index in [0.717, 1.165) is 31.0 Å². The first-order valence-electron chi connectivity index (χ1n) is 6.97. The van der Waals surface area contributed by atoms with E-state index in [-0.39, 0.29) is 5.54 Å². The highest BCUT2D eigenvalue weighted by Crippen LogP contribution is 2.42. The van der Waals surface area contributed by atoms with Gasteiger partial charge in [-0.1, -0.05) is 0 Å². The number of nitrogens with zero attached hydrogens (tertiary/aromatic N) is 1. The third-order valence-corrected chi connectivity index (χ3v) is 4.20. The molecule has 1 saturated heterocycles. The molecule has 0 bridgehead atoms. The number of hydrogen-bond donors (Lipinski definition) is 1. The van der Waals surface area contributed by atoms with E-state index in [1.807, 2.05) is 6.07 Å². The number of anilines is 1. The number of hydrogen-bond acceptors (Lipinski definition) is 4. The first-order chi connectivity index (χ1) is 9.10. The Morgan fingerprint density at radius 3 is 2.89 bits per heavy atom. The fourth-order valence-electron chi connectivity index (χ4n) is 3.32. The molecule has 0 spiro atoms. The van der Waals surface area contributed by atoms with Gasteiger partial charge in [0.1, 0.15) is 0 Å². The summed E-state index contributed by atoms with van der Waals surface area (Å²) in [5, 5.41) is 0. The van der Waals surface area contributed by atoms with E-state index in [0.29, 0.717) is 12.7 Å². The van der Waals surface area contributed by atoms with E-state index >= 15 is 0 Å². The molecule has 1 atom stereocenters. The van der Waals surface area contributed by atoms with Crippen LogP contribution in [0, 0.1) is 5.92 Å². The molecule has 2 aliphatic rings. The van der Waals surface area contributed by atoms with Crippen molar-refractivity contribution >= 4 is 5.69 Å². The van der Waals surface area contributed by atoms with Gasteiger partial charge in [0, 0.05) is 23.8 Å². The number of rotatable bonds is 3. The fraction of sp³-hybridized carbons (Fsp3) is 0.600. The van der Waals surface area contributed by atoms with Crippen LogP contribution < -0.4 is 20.1 Å². The molecule has 2 aliphatic heterocycles. The first kappa shape index (κ1) is 12.6. The Kier molecular flexibility index (Phi) is 3.05. The molecular formula is C15H22N2O2. The van der Waals surface area contributed by atoms with E-state index in [9.17, 15) is 0 Å². The van der Waals surface area contributed by atoms with Crippen LogP contribution >= 0.6 is 0 Å². The Hall–Kier alpha value is -1.42. The van der Waals surface area contributed by atoms with Crippen LogP contribution in [-0.4, -0.2) is 25.4 Å². The monoisotopic (exact) mass is 262 g/mol. The largest absolute Gasteiger partial charge is 0.454 e. The minimum atomic E-state index is 0.174. The molecule has 1 unspecified atom stereocenters. The predicted octanol–water partition coefficient (Wildman–Crippen LogP) is 2.37. The second-order valence-electron chi connectivity index (χ2n) is 6.11. The molecular weight excluding hydrogens is 240 g/mol. The Morgan fingerprint density at radius 2 is 2.11 bits per heavy atom. The van der Waals surface area contributed by atoms with Crippen LogP contribution in [0.2, 0.25) is 0 Å². The van der Waals surface area contributed by atoms with Gasteiger partial charge in [0.15, 0.2) is 11.5 Å². The van der Waals surface area contributed by atoms with Gasteiger partial charge >= 0.3 is 0 Å². The summed E-state index contributed by atoms with van der Waals surface area (Å²) in [6, 6.07) is 6.22. The molecule has 0 aromatic heterocycles. The van der Waals surface area contributed by atoms with Crippen molar-refractivity contribution in [2.75, 3.05) is 24.8 Å². The van der Waals surface area contributed by atoms with Crippen molar-refractivity contribution in [3.63, 3.8) is 0 Å². The van der Waals surface area contributed by atoms with Crippen molar-refractivity contribution < 1.29 is 9.47 Å². The topological polar surface area (TPSA) is 47.7 Å². The van der Waals surface area contributed by atoms with Gasteiger partial charge in [-0.2, -0.15) is 0 Å². The minimum Gasteiger partial charge on any atom is -0.454 e. The maximum Gasteiger partial charge on any atom is 0.231 e. The van der Waals surface area contributed by atoms with E-state index in [4.69, 9.17) is 15.2 Å². The van der Waals surface area contributed by atoms with Crippen LogP contribution in [0.3, 0.4) is 0 Å². The van der Waals surface area contributed by atoms with Crippen molar-refractivity contribution in [1.82, 2.24) is 0 Å². The molecule has 4 heteroatoms. The minimum absolute atomic E-state index is 0.174. The second-order valence-corrected chi connectivity index (χ2v) is 6.11. The molecule has 2 N–H and O–H groups in total. The van der Waals surface area contributed by atoms with Gasteiger partial charge in [-0.3, -0.25) is 0 Å². The predicted molar refractivity (Wildman–Crippen MR) is 75.8 cm³/mol. The summed E-state index contributed by atoms with van der Waals surface area (Å²) in [5.74, 6) is 2.39. The summed E-state index contributed by atoms with van der Waals surface area (Å²) in [7, 11) is 0. The molecule has 104 valence electrons. The zero-order valence-electron chi connectivity index (χ0n) is 11.7. The van der Waals surface area contributed by atoms with Crippen molar-refractivity contribution in [2.45, 2.75) is 32.2 Å². The van der Waals surface area contributed by atoms with Gasteiger partial charge in [-0.15, -0.1) is 0 Å². The lowest BCUT2D eigenvalue weighted by atomic mass is 9.94. The average Bonchev–Trinajstić information content (AvgIpc) is 2.92. The van der Waals surface area contributed by atoms with E-state index in [1.165, 1.54) is 12.1 Å². The van der Waals surface area contributed by atoms with E-state index < -0.39 is 0 Å². The molecule has 0 radical (unpaired) electrons. The number of benzene rings is 1. The summed E-state index contributed by atoms with van der Waals surface area (Å²) >= 11 is 0. The van der Waals surface area contributed by atoms with Crippen LogP contribution in [0.25, 0.3) is 0 Å². The molecule has 3 rings (SSSR count). The van der Waals surface area contributed by atoms with Gasteiger partial charge in [0.05, 0.1) is 0 Å². The third-order valence-electron chi connectivity index (χ3n) is 4.20. The van der Waals surface area contributed by atoms with Crippen LogP contribution in [0.15, 0.2) is 18.2 Å². The smallest absolute Gasteiger partial charge is 0.231 e. The van der Waals surface area contributed by atoms with Crippen molar-refractivity contribution in [2.24, 2.45) is 11.7 Å². The van der Waals surface area contributed by atoms with E-state index in [1.54, 1.807) is 0 Å². The summed E-state index contributed by atoms with van der Waals surface area (Å²) in [5.41, 5.74) is 7.09. The van der Waals surface area contributed by atoms with Crippen LogP contribution in [0.5, 0.6) is 11.5 Å². The molecule has 4 nitrogen and oxygen atoms in total. The number of fused-ring (bicyclic) bond motifs is 1. The van der Waals surface area contributed by atoms with Crippen LogP contribution in [0.1, 0.15) is 26.7 Å². The molecule has 1 aromatic rings. The highest BCUT2D eigenvalue weighted by atomic mass is 16.7. The number of ether oxygens (including phenoxy) is 2. The number of nitrogens with two attached hydrogens (primary N) is 1.